The van der Waals surface area contributed by atoms with E-state index in [0.717, 1.165) is 10.0 Å². The first-order valence-corrected chi connectivity index (χ1v) is 15.7. The summed E-state index contributed by atoms with van der Waals surface area (Å²) in [5, 5.41) is 22.2. The fourth-order valence-electron chi connectivity index (χ4n) is 5.77. The number of hydrogen-bond acceptors (Lipinski definition) is 9. The van der Waals surface area contributed by atoms with Gasteiger partial charge in [-0.3, -0.25) is 9.74 Å². The molecule has 12 nitrogen and oxygen atoms in total. The summed E-state index contributed by atoms with van der Waals surface area (Å²) in [5.41, 5.74) is 0.789. The van der Waals surface area contributed by atoms with Crippen LogP contribution in [-0.2, 0) is 30.8 Å². The Kier molecular flexibility index (Phi) is 9.55. The Morgan fingerprint density at radius 2 is 1.81 bits per heavy atom. The van der Waals surface area contributed by atoms with Crippen molar-refractivity contribution >= 4 is 16.1 Å². The van der Waals surface area contributed by atoms with E-state index in [1.807, 2.05) is 44.2 Å². The molecule has 0 bridgehead atoms. The van der Waals surface area contributed by atoms with Gasteiger partial charge in [-0.2, -0.15) is 0 Å². The number of benzene rings is 2. The zero-order valence-corrected chi connectivity index (χ0v) is 24.5. The maximum absolute atomic E-state index is 14.0. The second kappa shape index (κ2) is 13.1. The molecular weight excluding hydrogens is 568 g/mol. The molecule has 0 aromatic heterocycles. The second-order valence-corrected chi connectivity index (χ2v) is 12.5. The minimum Gasteiger partial charge on any atom is -0.465 e. The molecule has 0 radical (unpaired) electrons. The van der Waals surface area contributed by atoms with E-state index < -0.39 is 53.2 Å². The third kappa shape index (κ3) is 6.36. The van der Waals surface area contributed by atoms with Crippen LogP contribution in [0.15, 0.2) is 53.4 Å². The van der Waals surface area contributed by atoms with Crippen molar-refractivity contribution in [3.63, 3.8) is 0 Å². The highest BCUT2D eigenvalue weighted by molar-refractivity contribution is 7.89. The Morgan fingerprint density at radius 3 is 2.52 bits per heavy atom. The third-order valence-electron chi connectivity index (χ3n) is 8.10. The highest BCUT2D eigenvalue weighted by atomic mass is 32.2. The van der Waals surface area contributed by atoms with Gasteiger partial charge in [0.1, 0.15) is 0 Å². The Hall–Kier alpha value is -2.94. The number of amides is 1. The molecule has 0 saturated carbocycles. The van der Waals surface area contributed by atoms with Crippen molar-refractivity contribution < 1.29 is 47.2 Å². The van der Waals surface area contributed by atoms with E-state index in [9.17, 15) is 23.4 Å². The third-order valence-corrected chi connectivity index (χ3v) is 9.72. The molecule has 230 valence electrons. The molecule has 0 spiro atoms. The van der Waals surface area contributed by atoms with Gasteiger partial charge in [-0.25, -0.2) is 13.2 Å². The van der Waals surface area contributed by atoms with Crippen molar-refractivity contribution in [1.82, 2.24) is 9.37 Å². The van der Waals surface area contributed by atoms with Gasteiger partial charge in [-0.05, 0) is 43.4 Å². The van der Waals surface area contributed by atoms with Crippen LogP contribution < -0.4 is 9.47 Å². The number of fused-ring (bicyclic) bond motifs is 2. The van der Waals surface area contributed by atoms with Crippen LogP contribution in [0.3, 0.4) is 0 Å². The number of rotatable bonds is 13. The molecule has 2 saturated heterocycles. The van der Waals surface area contributed by atoms with Crippen molar-refractivity contribution in [2.24, 2.45) is 5.92 Å². The Morgan fingerprint density at radius 1 is 1.07 bits per heavy atom. The zero-order chi connectivity index (χ0) is 29.9. The predicted octanol–water partition coefficient (Wildman–Crippen LogP) is 3.24. The van der Waals surface area contributed by atoms with E-state index in [1.54, 1.807) is 0 Å². The van der Waals surface area contributed by atoms with Crippen LogP contribution in [0, 0.1) is 5.92 Å². The molecule has 5 rings (SSSR count). The van der Waals surface area contributed by atoms with Gasteiger partial charge in [-0.15, -0.1) is 0 Å². The molecule has 3 heterocycles. The largest absolute Gasteiger partial charge is 0.465 e. The van der Waals surface area contributed by atoms with Crippen LogP contribution >= 0.6 is 0 Å². The molecule has 13 heteroatoms. The lowest BCUT2D eigenvalue weighted by Crippen LogP contribution is -2.57. The number of hydroxylamine groups is 1. The first-order valence-electron chi connectivity index (χ1n) is 14.3. The van der Waals surface area contributed by atoms with Gasteiger partial charge in [-0.1, -0.05) is 48.6 Å². The SMILES string of the molecule is CCC(CC)ON(C[C@@H](O)[C@H](Cc1ccccc1)N(C(=O)O)[C@H]1CO[C@H]2OCC[C@H]21)S(=O)(=O)c1ccc2c(c1)OCO2. The van der Waals surface area contributed by atoms with E-state index in [0.29, 0.717) is 31.6 Å². The molecular formula is C29H38N2O10S. The van der Waals surface area contributed by atoms with E-state index in [2.05, 4.69) is 0 Å². The minimum absolute atomic E-state index is 0.0184. The van der Waals surface area contributed by atoms with Crippen LogP contribution in [0.25, 0.3) is 0 Å². The van der Waals surface area contributed by atoms with Crippen molar-refractivity contribution in [2.75, 3.05) is 26.6 Å². The van der Waals surface area contributed by atoms with Crippen LogP contribution in [0.4, 0.5) is 4.79 Å². The summed E-state index contributed by atoms with van der Waals surface area (Å²) in [4.78, 5) is 19.9. The number of ether oxygens (including phenoxy) is 4. The summed E-state index contributed by atoms with van der Waals surface area (Å²) in [6.07, 6.45) is -1.84. The number of sulfonamides is 1. The molecule has 2 aromatic rings. The average Bonchev–Trinajstić information content (AvgIpc) is 3.73. The number of hydrogen-bond donors (Lipinski definition) is 2. The predicted molar refractivity (Wildman–Crippen MR) is 149 cm³/mol. The van der Waals surface area contributed by atoms with E-state index in [4.69, 9.17) is 23.8 Å². The van der Waals surface area contributed by atoms with Gasteiger partial charge in [0.05, 0.1) is 48.9 Å². The Balaban J connectivity index is 1.48. The highest BCUT2D eigenvalue weighted by Crippen LogP contribution is 2.37. The normalized spacial score (nSPS) is 22.8. The van der Waals surface area contributed by atoms with Crippen LogP contribution in [0.2, 0.25) is 0 Å². The first kappa shape index (κ1) is 30.5. The van der Waals surface area contributed by atoms with Crippen molar-refractivity contribution in [1.29, 1.82) is 0 Å². The zero-order valence-electron chi connectivity index (χ0n) is 23.7. The van der Waals surface area contributed by atoms with Gasteiger partial charge in [0.15, 0.2) is 17.8 Å². The molecule has 42 heavy (non-hydrogen) atoms. The first-order chi connectivity index (χ1) is 20.2. The molecule has 2 fully saturated rings. The lowest BCUT2D eigenvalue weighted by Gasteiger charge is -2.39. The Bertz CT molecular complexity index is 1320. The van der Waals surface area contributed by atoms with Crippen molar-refractivity contribution in [3.05, 3.63) is 54.1 Å². The monoisotopic (exact) mass is 606 g/mol. The van der Waals surface area contributed by atoms with Crippen molar-refractivity contribution in [2.45, 2.75) is 75.0 Å². The number of carbonyl (C=O) groups is 1. The minimum atomic E-state index is -4.31. The van der Waals surface area contributed by atoms with Crippen LogP contribution in [0.5, 0.6) is 11.5 Å². The Labute approximate surface area is 245 Å². The molecule has 2 aromatic carbocycles. The van der Waals surface area contributed by atoms with Gasteiger partial charge in [0, 0.05) is 12.0 Å². The topological polar surface area (TPSA) is 144 Å². The fraction of sp³-hybridized carbons (Fsp3) is 0.552. The van der Waals surface area contributed by atoms with Crippen LogP contribution in [-0.4, -0.2) is 91.2 Å². The summed E-state index contributed by atoms with van der Waals surface area (Å²) >= 11 is 0. The van der Waals surface area contributed by atoms with E-state index >= 15 is 0 Å². The molecule has 0 unspecified atom stereocenters. The summed E-state index contributed by atoms with van der Waals surface area (Å²) in [5.74, 6) is 0.517. The van der Waals surface area contributed by atoms with Gasteiger partial charge >= 0.3 is 6.09 Å². The fourth-order valence-corrected chi connectivity index (χ4v) is 7.08. The van der Waals surface area contributed by atoms with Crippen molar-refractivity contribution in [3.8, 4) is 11.5 Å². The molecule has 0 aliphatic carbocycles. The lowest BCUT2D eigenvalue weighted by molar-refractivity contribution is -0.153. The van der Waals surface area contributed by atoms with Gasteiger partial charge in [0.25, 0.3) is 10.0 Å². The molecule has 1 amide bonds. The molecule has 5 atom stereocenters. The van der Waals surface area contributed by atoms with E-state index in [1.165, 1.54) is 23.1 Å². The maximum atomic E-state index is 14.0. The number of carboxylic acid groups (broad SMARTS) is 1. The second-order valence-electron chi connectivity index (χ2n) is 10.7. The van der Waals surface area contributed by atoms with E-state index in [-0.39, 0.29) is 36.4 Å². The number of nitrogens with zero attached hydrogens (tertiary/aromatic N) is 2. The standard InChI is InChI=1S/C29H38N2O10S/c1-3-20(4-2)41-30(42(35,36)21-10-11-26-27(15-21)40-18-39-26)16-25(32)23(14-19-8-6-5-7-9-19)31(29(33)34)24-17-38-28-22(24)12-13-37-28/h5-11,15,20,22-25,28,32H,3-4,12-14,16-18H2,1-2H3,(H,33,34)/t22-,23-,24-,25+,28+/m0/s1. The van der Waals surface area contributed by atoms with Gasteiger partial charge in [0.2, 0.25) is 6.79 Å². The molecule has 2 N–H and O–H groups in total. The summed E-state index contributed by atoms with van der Waals surface area (Å²) < 4.78 is 50.8. The quantitative estimate of drug-likeness (QED) is 0.326. The number of aliphatic hydroxyl groups is 1. The average molecular weight is 607 g/mol. The summed E-state index contributed by atoms with van der Waals surface area (Å²) in [7, 11) is -4.31. The highest BCUT2D eigenvalue weighted by Gasteiger charge is 2.49. The molecule has 3 aliphatic rings. The van der Waals surface area contributed by atoms with Crippen LogP contribution in [0.1, 0.15) is 38.7 Å². The summed E-state index contributed by atoms with van der Waals surface area (Å²) in [6.45, 7) is 3.79. The number of aliphatic hydroxyl groups excluding tert-OH is 1. The molecule has 3 aliphatic heterocycles. The lowest BCUT2D eigenvalue weighted by atomic mass is 9.93. The maximum Gasteiger partial charge on any atom is 0.407 e. The van der Waals surface area contributed by atoms with Gasteiger partial charge < -0.3 is 29.2 Å². The summed E-state index contributed by atoms with van der Waals surface area (Å²) in [6, 6.07) is 11.8. The smallest absolute Gasteiger partial charge is 0.407 e.